The average molecular weight is 451 g/mol. The molecule has 1 aliphatic rings. The zero-order chi connectivity index (χ0) is 22.3. The third kappa shape index (κ3) is 4.22. The lowest BCUT2D eigenvalue weighted by Crippen LogP contribution is -2.46. The van der Waals surface area contributed by atoms with Crippen LogP contribution >= 0.6 is 11.3 Å². The summed E-state index contributed by atoms with van der Waals surface area (Å²) in [6.07, 6.45) is -2.69. The number of aromatic amines is 1. The molecule has 0 unspecified atom stereocenters. The fraction of sp³-hybridized carbons (Fsp3) is 0.381. The first-order valence-corrected chi connectivity index (χ1v) is 10.5. The average Bonchev–Trinajstić information content (AvgIpc) is 3.30. The molecule has 1 aliphatic heterocycles. The second-order valence-corrected chi connectivity index (χ2v) is 8.47. The number of anilines is 1. The summed E-state index contributed by atoms with van der Waals surface area (Å²) in [6, 6.07) is 3.83. The van der Waals surface area contributed by atoms with Gasteiger partial charge in [-0.2, -0.15) is 13.2 Å². The van der Waals surface area contributed by atoms with Crippen molar-refractivity contribution in [3.05, 3.63) is 46.1 Å². The molecule has 0 saturated carbocycles. The molecule has 0 radical (unpaired) electrons. The number of nitrogens with one attached hydrogen (secondary N) is 1. The molecule has 3 heterocycles. The van der Waals surface area contributed by atoms with Crippen molar-refractivity contribution in [2.24, 2.45) is 0 Å². The van der Waals surface area contributed by atoms with E-state index in [0.717, 1.165) is 10.7 Å². The molecular weight excluding hydrogens is 431 g/mol. The summed E-state index contributed by atoms with van der Waals surface area (Å²) >= 11 is 1.34. The van der Waals surface area contributed by atoms with Crippen LogP contribution in [0.4, 0.5) is 18.3 Å². The second-order valence-electron chi connectivity index (χ2n) is 7.49. The van der Waals surface area contributed by atoms with E-state index < -0.39 is 12.0 Å². The summed E-state index contributed by atoms with van der Waals surface area (Å²) < 4.78 is 44.2. The molecule has 2 aromatic heterocycles. The highest BCUT2D eigenvalue weighted by atomic mass is 32.1. The van der Waals surface area contributed by atoms with Gasteiger partial charge >= 0.3 is 6.18 Å². The van der Waals surface area contributed by atoms with E-state index in [2.05, 4.69) is 14.9 Å². The smallest absolute Gasteiger partial charge is 0.377 e. The Bertz CT molecular complexity index is 1150. The standard InChI is InChI=1S/C21H20F3N3O3S/c1-11-18(12(2)28)31-20(26-11)27-5-6-30-10-15(27)7-14-9-25-17-4-3-13(8-16(14)17)19(29)21(22,23)24/h3-4,8-9,15,25H,5-7,10H2,1-2H3/t15-/m0/s1. The Labute approximate surface area is 180 Å². The number of carbonyl (C=O) groups is 2. The molecule has 1 saturated heterocycles. The van der Waals surface area contributed by atoms with Crippen molar-refractivity contribution in [3.63, 3.8) is 0 Å². The van der Waals surface area contributed by atoms with Crippen LogP contribution in [-0.2, 0) is 11.2 Å². The Morgan fingerprint density at radius 2 is 2.13 bits per heavy atom. The van der Waals surface area contributed by atoms with Gasteiger partial charge in [0.1, 0.15) is 0 Å². The largest absolute Gasteiger partial charge is 0.454 e. The first-order chi connectivity index (χ1) is 14.6. The normalized spacial score (nSPS) is 17.3. The molecule has 3 aromatic rings. The minimum absolute atomic E-state index is 0.0375. The van der Waals surface area contributed by atoms with E-state index in [1.54, 1.807) is 13.1 Å². The van der Waals surface area contributed by atoms with E-state index in [0.29, 0.717) is 47.7 Å². The maximum atomic E-state index is 12.9. The third-order valence-electron chi connectivity index (χ3n) is 5.32. The predicted octanol–water partition coefficient (Wildman–Crippen LogP) is 4.33. The Balaban J connectivity index is 1.64. The number of morpholine rings is 1. The van der Waals surface area contributed by atoms with Crippen LogP contribution in [0.15, 0.2) is 24.4 Å². The number of rotatable bonds is 5. The molecule has 1 atom stereocenters. The number of carbonyl (C=O) groups excluding carboxylic acids is 2. The molecule has 1 N–H and O–H groups in total. The second kappa shape index (κ2) is 8.08. The Morgan fingerprint density at radius 3 is 2.81 bits per heavy atom. The van der Waals surface area contributed by atoms with Gasteiger partial charge in [-0.3, -0.25) is 9.59 Å². The van der Waals surface area contributed by atoms with Crippen molar-refractivity contribution in [2.45, 2.75) is 32.5 Å². The van der Waals surface area contributed by atoms with Crippen LogP contribution in [0, 0.1) is 6.92 Å². The first-order valence-electron chi connectivity index (χ1n) is 9.69. The van der Waals surface area contributed by atoms with E-state index in [4.69, 9.17) is 4.74 Å². The van der Waals surface area contributed by atoms with Crippen molar-refractivity contribution in [1.29, 1.82) is 0 Å². The number of ketones is 2. The molecular formula is C21H20F3N3O3S. The number of aromatic nitrogens is 2. The minimum atomic E-state index is -4.92. The number of benzene rings is 1. The van der Waals surface area contributed by atoms with Crippen molar-refractivity contribution in [1.82, 2.24) is 9.97 Å². The fourth-order valence-electron chi connectivity index (χ4n) is 3.81. The lowest BCUT2D eigenvalue weighted by molar-refractivity contribution is -0.0885. The Kier molecular flexibility index (Phi) is 5.61. The molecule has 0 bridgehead atoms. The van der Waals surface area contributed by atoms with Crippen molar-refractivity contribution in [3.8, 4) is 0 Å². The van der Waals surface area contributed by atoms with Gasteiger partial charge in [0.2, 0.25) is 0 Å². The lowest BCUT2D eigenvalue weighted by Gasteiger charge is -2.35. The maximum Gasteiger partial charge on any atom is 0.454 e. The van der Waals surface area contributed by atoms with Gasteiger partial charge in [-0.1, -0.05) is 11.3 Å². The van der Waals surface area contributed by atoms with Gasteiger partial charge < -0.3 is 14.6 Å². The highest BCUT2D eigenvalue weighted by molar-refractivity contribution is 7.17. The number of aryl methyl sites for hydroxylation is 1. The predicted molar refractivity (Wildman–Crippen MR) is 111 cm³/mol. The van der Waals surface area contributed by atoms with Gasteiger partial charge in [0.15, 0.2) is 10.9 Å². The highest BCUT2D eigenvalue weighted by Crippen LogP contribution is 2.31. The van der Waals surface area contributed by atoms with Gasteiger partial charge in [0.25, 0.3) is 5.78 Å². The van der Waals surface area contributed by atoms with Gasteiger partial charge in [-0.05, 0) is 37.1 Å². The number of H-pyrrole nitrogens is 1. The summed E-state index contributed by atoms with van der Waals surface area (Å²) in [7, 11) is 0. The third-order valence-corrected chi connectivity index (χ3v) is 6.62. The van der Waals surface area contributed by atoms with Gasteiger partial charge in [0, 0.05) is 36.1 Å². The van der Waals surface area contributed by atoms with Crippen LogP contribution in [0.5, 0.6) is 0 Å². The monoisotopic (exact) mass is 451 g/mol. The number of hydrogen-bond acceptors (Lipinski definition) is 6. The van der Waals surface area contributed by atoms with Crippen LogP contribution in [-0.4, -0.2) is 53.5 Å². The van der Waals surface area contributed by atoms with E-state index in [1.807, 2.05) is 0 Å². The Hall–Kier alpha value is -2.72. The number of nitrogens with zero attached hydrogens (tertiary/aromatic N) is 2. The molecule has 0 spiro atoms. The summed E-state index contributed by atoms with van der Waals surface area (Å²) in [5.74, 6) is -1.90. The number of alkyl halides is 3. The fourth-order valence-corrected chi connectivity index (χ4v) is 4.87. The number of hydrogen-bond donors (Lipinski definition) is 1. The molecule has 164 valence electrons. The zero-order valence-electron chi connectivity index (χ0n) is 16.9. The van der Waals surface area contributed by atoms with Crippen LogP contribution in [0.1, 0.15) is 38.2 Å². The summed E-state index contributed by atoms with van der Waals surface area (Å²) in [4.78, 5) is 33.8. The number of thiazole rings is 1. The minimum Gasteiger partial charge on any atom is -0.377 e. The maximum absolute atomic E-state index is 12.9. The molecule has 1 fully saturated rings. The summed E-state index contributed by atoms with van der Waals surface area (Å²) in [5.41, 5.74) is 1.73. The van der Waals surface area contributed by atoms with Crippen LogP contribution in [0.25, 0.3) is 10.9 Å². The van der Waals surface area contributed by atoms with Gasteiger partial charge in [0.05, 0.1) is 29.8 Å². The van der Waals surface area contributed by atoms with Crippen LogP contribution in [0.3, 0.4) is 0 Å². The Morgan fingerprint density at radius 1 is 1.35 bits per heavy atom. The van der Waals surface area contributed by atoms with Crippen molar-refractivity contribution in [2.75, 3.05) is 24.7 Å². The van der Waals surface area contributed by atoms with Crippen LogP contribution in [0.2, 0.25) is 0 Å². The number of fused-ring (bicyclic) bond motifs is 1. The molecule has 0 aliphatic carbocycles. The van der Waals surface area contributed by atoms with Gasteiger partial charge in [-0.25, -0.2) is 4.98 Å². The van der Waals surface area contributed by atoms with Crippen LogP contribution < -0.4 is 4.90 Å². The van der Waals surface area contributed by atoms with E-state index in [9.17, 15) is 22.8 Å². The number of halogens is 3. The lowest BCUT2D eigenvalue weighted by atomic mass is 10.0. The van der Waals surface area contributed by atoms with E-state index in [1.165, 1.54) is 36.5 Å². The van der Waals surface area contributed by atoms with Gasteiger partial charge in [-0.15, -0.1) is 0 Å². The molecule has 1 aromatic carbocycles. The van der Waals surface area contributed by atoms with E-state index in [-0.39, 0.29) is 17.4 Å². The molecule has 6 nitrogen and oxygen atoms in total. The van der Waals surface area contributed by atoms with E-state index >= 15 is 0 Å². The number of ether oxygens (including phenoxy) is 1. The number of Topliss-reactive ketones (excluding diaryl/α,β-unsaturated/α-hetero) is 2. The van der Waals surface area contributed by atoms with Crippen molar-refractivity contribution >= 4 is 38.9 Å². The quantitative estimate of drug-likeness (QED) is 0.585. The highest BCUT2D eigenvalue weighted by Gasteiger charge is 2.39. The molecule has 31 heavy (non-hydrogen) atoms. The summed E-state index contributed by atoms with van der Waals surface area (Å²) in [6.45, 7) is 4.83. The SMILES string of the molecule is CC(=O)c1sc(N2CCOC[C@@H]2Cc2c[nH]c3ccc(C(=O)C(F)(F)F)cc23)nc1C. The zero-order valence-corrected chi connectivity index (χ0v) is 17.7. The summed E-state index contributed by atoms with van der Waals surface area (Å²) in [5, 5.41) is 1.30. The molecule has 4 rings (SSSR count). The molecule has 0 amide bonds. The molecule has 10 heteroatoms. The van der Waals surface area contributed by atoms with Crippen molar-refractivity contribution < 1.29 is 27.5 Å². The topological polar surface area (TPSA) is 75.3 Å². The first kappa shape index (κ1) is 21.5.